The number of ether oxygens (including phenoxy) is 2. The molecular weight excluding hydrogens is 390 g/mol. The molecule has 0 atom stereocenters. The number of aromatic nitrogens is 1. The highest BCUT2D eigenvalue weighted by Crippen LogP contribution is 2.21. The second-order valence-electron chi connectivity index (χ2n) is 5.09. The molecule has 0 aromatic carbocycles. The Morgan fingerprint density at radius 2 is 1.56 bits per heavy atom. The van der Waals surface area contributed by atoms with E-state index < -0.39 is 12.2 Å². The number of rotatable bonds is 6. The van der Waals surface area contributed by atoms with Gasteiger partial charge >= 0.3 is 12.2 Å². The molecule has 0 spiro atoms. The molecule has 0 fully saturated rings. The van der Waals surface area contributed by atoms with Crippen molar-refractivity contribution in [3.8, 4) is 0 Å². The summed E-state index contributed by atoms with van der Waals surface area (Å²) < 4.78 is 9.55. The number of carbonyl (C=O) groups is 2. The molecule has 1 aromatic rings. The summed E-state index contributed by atoms with van der Waals surface area (Å²) in [6.07, 6.45) is 2.09. The summed E-state index contributed by atoms with van der Waals surface area (Å²) in [5.74, 6) is 0.324. The van der Waals surface area contributed by atoms with Gasteiger partial charge in [0.2, 0.25) is 0 Å². The van der Waals surface area contributed by atoms with E-state index in [9.17, 15) is 9.59 Å². The van der Waals surface area contributed by atoms with E-state index in [-0.39, 0.29) is 23.4 Å². The van der Waals surface area contributed by atoms with Gasteiger partial charge in [0.05, 0.1) is 18.9 Å². The van der Waals surface area contributed by atoms with E-state index in [1.54, 1.807) is 20.0 Å². The van der Waals surface area contributed by atoms with Crippen LogP contribution in [0, 0.1) is 0 Å². The Labute approximate surface area is 168 Å². The van der Waals surface area contributed by atoms with Gasteiger partial charge in [0.25, 0.3) is 0 Å². The van der Waals surface area contributed by atoms with Crippen molar-refractivity contribution in [1.82, 2.24) is 15.6 Å². The molecule has 148 valence electrons. The zero-order valence-corrected chi connectivity index (χ0v) is 17.0. The van der Waals surface area contributed by atoms with Crippen LogP contribution < -0.4 is 21.3 Å². The van der Waals surface area contributed by atoms with Crippen LogP contribution in [0.5, 0.6) is 0 Å². The number of hydrogen-bond acceptors (Lipinski definition) is 7. The topological polar surface area (TPSA) is 114 Å². The summed E-state index contributed by atoms with van der Waals surface area (Å²) in [7, 11) is 0. The highest BCUT2D eigenvalue weighted by molar-refractivity contribution is 7.80. The van der Waals surface area contributed by atoms with Gasteiger partial charge in [0, 0.05) is 6.20 Å². The SMILES string of the molecule is CCCc1cnc(NC(=S)NC(=O)OCC)c(NC(=S)NC(=O)OCC)c1. The zero-order valence-electron chi connectivity index (χ0n) is 15.4. The fraction of sp³-hybridized carbons (Fsp3) is 0.438. The predicted molar refractivity (Wildman–Crippen MR) is 111 cm³/mol. The lowest BCUT2D eigenvalue weighted by Crippen LogP contribution is -2.36. The minimum atomic E-state index is -0.674. The van der Waals surface area contributed by atoms with Crippen molar-refractivity contribution in [3.05, 3.63) is 17.8 Å². The maximum Gasteiger partial charge on any atom is 0.413 e. The first-order valence-corrected chi connectivity index (χ1v) is 9.19. The number of nitrogens with one attached hydrogen (secondary N) is 4. The van der Waals surface area contributed by atoms with Crippen molar-refractivity contribution in [1.29, 1.82) is 0 Å². The molecule has 11 heteroatoms. The van der Waals surface area contributed by atoms with Crippen LogP contribution in [-0.2, 0) is 15.9 Å². The minimum absolute atomic E-state index is 0.0107. The van der Waals surface area contributed by atoms with Crippen LogP contribution in [0.3, 0.4) is 0 Å². The van der Waals surface area contributed by atoms with Crippen LogP contribution in [-0.4, -0.2) is 40.6 Å². The van der Waals surface area contributed by atoms with Crippen LogP contribution in [0.15, 0.2) is 12.3 Å². The first kappa shape index (κ1) is 22.5. The third kappa shape index (κ3) is 8.60. The molecule has 4 N–H and O–H groups in total. The van der Waals surface area contributed by atoms with E-state index in [1.165, 1.54) is 0 Å². The highest BCUT2D eigenvalue weighted by Gasteiger charge is 2.12. The van der Waals surface area contributed by atoms with Crippen molar-refractivity contribution in [3.63, 3.8) is 0 Å². The molecule has 0 unspecified atom stereocenters. The minimum Gasteiger partial charge on any atom is -0.450 e. The third-order valence-electron chi connectivity index (χ3n) is 2.95. The van der Waals surface area contributed by atoms with Crippen LogP contribution in [0.4, 0.5) is 21.1 Å². The van der Waals surface area contributed by atoms with E-state index in [4.69, 9.17) is 33.9 Å². The van der Waals surface area contributed by atoms with Gasteiger partial charge in [0.1, 0.15) is 0 Å². The third-order valence-corrected chi connectivity index (χ3v) is 3.35. The lowest BCUT2D eigenvalue weighted by molar-refractivity contribution is 0.157. The van der Waals surface area contributed by atoms with Crippen molar-refractivity contribution in [2.45, 2.75) is 33.6 Å². The average molecular weight is 414 g/mol. The van der Waals surface area contributed by atoms with Gasteiger partial charge in [-0.3, -0.25) is 10.6 Å². The summed E-state index contributed by atoms with van der Waals surface area (Å²) in [4.78, 5) is 27.2. The molecule has 27 heavy (non-hydrogen) atoms. The highest BCUT2D eigenvalue weighted by atomic mass is 32.1. The molecule has 0 aliphatic carbocycles. The van der Waals surface area contributed by atoms with E-state index in [0.29, 0.717) is 11.5 Å². The molecule has 1 aromatic heterocycles. The smallest absolute Gasteiger partial charge is 0.413 e. The number of pyridine rings is 1. The number of amides is 2. The van der Waals surface area contributed by atoms with Gasteiger partial charge in [-0.05, 0) is 56.3 Å². The number of carbonyl (C=O) groups excluding carboxylic acids is 2. The van der Waals surface area contributed by atoms with Gasteiger partial charge in [-0.1, -0.05) is 13.3 Å². The standard InChI is InChI=1S/C16H23N5O4S2/c1-4-7-10-8-11(18-13(26)20-15(22)24-5-2)12(17-9-10)19-14(27)21-16(23)25-6-3/h8-9H,4-7H2,1-3H3,(H2,18,20,22,26)(H2,17,19,21,23,27). The average Bonchev–Trinajstić information content (AvgIpc) is 2.57. The number of anilines is 2. The molecule has 0 saturated carbocycles. The second kappa shape index (κ2) is 12.0. The molecule has 2 amide bonds. The van der Waals surface area contributed by atoms with Gasteiger partial charge in [-0.15, -0.1) is 0 Å². The largest absolute Gasteiger partial charge is 0.450 e. The Kier molecular flexibility index (Phi) is 9.98. The molecule has 0 aliphatic rings. The van der Waals surface area contributed by atoms with Crippen LogP contribution >= 0.6 is 24.4 Å². The molecule has 1 heterocycles. The summed E-state index contributed by atoms with van der Waals surface area (Å²) in [5.41, 5.74) is 1.45. The summed E-state index contributed by atoms with van der Waals surface area (Å²) in [6, 6.07) is 1.82. The fourth-order valence-electron chi connectivity index (χ4n) is 1.94. The quantitative estimate of drug-likeness (QED) is 0.523. The Bertz CT molecular complexity index is 699. The van der Waals surface area contributed by atoms with E-state index >= 15 is 0 Å². The molecular formula is C16H23N5O4S2. The Morgan fingerprint density at radius 3 is 2.07 bits per heavy atom. The zero-order chi connectivity index (χ0) is 20.2. The first-order valence-electron chi connectivity index (χ1n) is 8.37. The summed E-state index contributed by atoms with van der Waals surface area (Å²) >= 11 is 10.2. The fourth-order valence-corrected chi connectivity index (χ4v) is 2.31. The second-order valence-corrected chi connectivity index (χ2v) is 5.91. The maximum absolute atomic E-state index is 11.5. The van der Waals surface area contributed by atoms with Crippen molar-refractivity contribution < 1.29 is 19.1 Å². The van der Waals surface area contributed by atoms with Crippen LogP contribution in [0.25, 0.3) is 0 Å². The normalized spacial score (nSPS) is 9.74. The molecule has 1 rings (SSSR count). The summed E-state index contributed by atoms with van der Waals surface area (Å²) in [5, 5.41) is 10.5. The number of aryl methyl sites for hydroxylation is 1. The predicted octanol–water partition coefficient (Wildman–Crippen LogP) is 2.92. The van der Waals surface area contributed by atoms with Crippen molar-refractivity contribution in [2.75, 3.05) is 23.8 Å². The van der Waals surface area contributed by atoms with Crippen molar-refractivity contribution in [2.24, 2.45) is 0 Å². The van der Waals surface area contributed by atoms with Gasteiger partial charge in [0.15, 0.2) is 16.0 Å². The first-order chi connectivity index (χ1) is 12.9. The Balaban J connectivity index is 2.89. The van der Waals surface area contributed by atoms with E-state index in [2.05, 4.69) is 26.3 Å². The van der Waals surface area contributed by atoms with E-state index in [0.717, 1.165) is 18.4 Å². The van der Waals surface area contributed by atoms with Gasteiger partial charge < -0.3 is 20.1 Å². The number of hydrogen-bond donors (Lipinski definition) is 4. The number of alkyl carbamates (subject to hydrolysis) is 2. The molecule has 0 bridgehead atoms. The Morgan fingerprint density at radius 1 is 1.00 bits per heavy atom. The van der Waals surface area contributed by atoms with Gasteiger partial charge in [-0.25, -0.2) is 14.6 Å². The molecule has 0 saturated heterocycles. The van der Waals surface area contributed by atoms with Crippen LogP contribution in [0.2, 0.25) is 0 Å². The summed E-state index contributed by atoms with van der Waals surface area (Å²) in [6.45, 7) is 5.86. The number of nitrogens with zero attached hydrogens (tertiary/aromatic N) is 1. The Hall–Kier alpha value is -2.53. The monoisotopic (exact) mass is 413 g/mol. The van der Waals surface area contributed by atoms with Crippen molar-refractivity contribution >= 4 is 58.4 Å². The molecule has 0 radical (unpaired) electrons. The maximum atomic E-state index is 11.5. The number of thiocarbonyl (C=S) groups is 2. The van der Waals surface area contributed by atoms with Gasteiger partial charge in [-0.2, -0.15) is 0 Å². The molecule has 9 nitrogen and oxygen atoms in total. The lowest BCUT2D eigenvalue weighted by Gasteiger charge is -2.16. The van der Waals surface area contributed by atoms with Crippen LogP contribution in [0.1, 0.15) is 32.8 Å². The molecule has 0 aliphatic heterocycles. The lowest BCUT2D eigenvalue weighted by atomic mass is 10.1. The van der Waals surface area contributed by atoms with E-state index in [1.807, 2.05) is 13.0 Å².